The predicted molar refractivity (Wildman–Crippen MR) is 48.6 cm³/mol. The van der Waals surface area contributed by atoms with Crippen molar-refractivity contribution in [2.45, 2.75) is 18.9 Å². The molecule has 0 aromatic rings. The van der Waals surface area contributed by atoms with Crippen molar-refractivity contribution in [1.29, 1.82) is 0 Å². The summed E-state index contributed by atoms with van der Waals surface area (Å²) >= 11 is 0. The van der Waals surface area contributed by atoms with E-state index < -0.39 is 5.97 Å². The smallest absolute Gasteiger partial charge is 0.322 e. The van der Waals surface area contributed by atoms with Gasteiger partial charge in [-0.15, -0.1) is 0 Å². The van der Waals surface area contributed by atoms with Gasteiger partial charge in [-0.1, -0.05) is 0 Å². The summed E-state index contributed by atoms with van der Waals surface area (Å²) in [4.78, 5) is 13.1. The van der Waals surface area contributed by atoms with E-state index >= 15 is 0 Å². The molecular formula is C9H16N2O2. The van der Waals surface area contributed by atoms with E-state index in [-0.39, 0.29) is 6.04 Å². The molecule has 2 rings (SSSR count). The molecule has 3 atom stereocenters. The van der Waals surface area contributed by atoms with Gasteiger partial charge in [-0.05, 0) is 25.3 Å². The molecule has 2 aliphatic heterocycles. The Morgan fingerprint density at radius 3 is 3.08 bits per heavy atom. The topological polar surface area (TPSA) is 52.6 Å². The first kappa shape index (κ1) is 8.97. The Bertz CT molecular complexity index is 208. The number of carbonyl (C=O) groups is 1. The van der Waals surface area contributed by atoms with Gasteiger partial charge in [0, 0.05) is 19.6 Å². The zero-order chi connectivity index (χ0) is 9.26. The molecule has 4 heteroatoms. The molecule has 2 heterocycles. The molecular weight excluding hydrogens is 168 g/mol. The normalized spacial score (nSPS) is 39.5. The molecule has 2 N–H and O–H groups in total. The Labute approximate surface area is 77.9 Å². The molecule has 0 radical (unpaired) electrons. The molecule has 74 valence electrons. The lowest BCUT2D eigenvalue weighted by Crippen LogP contribution is -2.43. The standard InChI is InChI=1S/C9H16N2O2/c12-9(13)8-6-11-3-1-2-7(5-11)4-10-8/h7-8,10H,1-6H2,(H,12,13). The van der Waals surface area contributed by atoms with Gasteiger partial charge in [0.25, 0.3) is 0 Å². The van der Waals surface area contributed by atoms with Crippen LogP contribution in [0.15, 0.2) is 0 Å². The molecule has 0 saturated carbocycles. The minimum Gasteiger partial charge on any atom is -0.480 e. The van der Waals surface area contributed by atoms with Crippen LogP contribution in [0.3, 0.4) is 0 Å². The fraction of sp³-hybridized carbons (Fsp3) is 0.889. The van der Waals surface area contributed by atoms with E-state index in [2.05, 4.69) is 10.2 Å². The number of aliphatic carboxylic acids is 1. The second kappa shape index (κ2) is 3.64. The zero-order valence-corrected chi connectivity index (χ0v) is 7.70. The van der Waals surface area contributed by atoms with Crippen LogP contribution in [0.2, 0.25) is 0 Å². The average molecular weight is 184 g/mol. The van der Waals surface area contributed by atoms with E-state index in [1.165, 1.54) is 12.8 Å². The first-order chi connectivity index (χ1) is 6.25. The van der Waals surface area contributed by atoms with Crippen molar-refractivity contribution in [3.05, 3.63) is 0 Å². The molecule has 0 aliphatic carbocycles. The molecule has 0 spiro atoms. The molecule has 2 aliphatic rings. The van der Waals surface area contributed by atoms with Gasteiger partial charge in [-0.3, -0.25) is 4.79 Å². The minimum absolute atomic E-state index is 0.358. The number of nitrogens with zero attached hydrogens (tertiary/aromatic N) is 1. The van der Waals surface area contributed by atoms with Gasteiger partial charge in [-0.25, -0.2) is 0 Å². The van der Waals surface area contributed by atoms with Gasteiger partial charge >= 0.3 is 5.97 Å². The van der Waals surface area contributed by atoms with Crippen LogP contribution >= 0.6 is 0 Å². The summed E-state index contributed by atoms with van der Waals surface area (Å²) in [6.45, 7) is 3.69. The Morgan fingerprint density at radius 2 is 2.31 bits per heavy atom. The lowest BCUT2D eigenvalue weighted by atomic mass is 9.99. The highest BCUT2D eigenvalue weighted by atomic mass is 16.4. The lowest BCUT2D eigenvalue weighted by molar-refractivity contribution is -0.139. The quantitative estimate of drug-likeness (QED) is 0.590. The van der Waals surface area contributed by atoms with Crippen molar-refractivity contribution in [3.63, 3.8) is 0 Å². The molecule has 4 nitrogen and oxygen atoms in total. The zero-order valence-electron chi connectivity index (χ0n) is 7.70. The molecule has 3 unspecified atom stereocenters. The van der Waals surface area contributed by atoms with Crippen molar-refractivity contribution in [2.24, 2.45) is 5.92 Å². The van der Waals surface area contributed by atoms with Crippen molar-refractivity contribution < 1.29 is 9.90 Å². The number of carboxylic acids is 1. The van der Waals surface area contributed by atoms with Gasteiger partial charge < -0.3 is 15.3 Å². The van der Waals surface area contributed by atoms with Gasteiger partial charge in [-0.2, -0.15) is 0 Å². The average Bonchev–Trinajstić information content (AvgIpc) is 2.25. The Hall–Kier alpha value is -0.610. The summed E-state index contributed by atoms with van der Waals surface area (Å²) in [6, 6.07) is -0.358. The Balaban J connectivity index is 2.01. The van der Waals surface area contributed by atoms with E-state index in [1.54, 1.807) is 0 Å². The van der Waals surface area contributed by atoms with Gasteiger partial charge in [0.1, 0.15) is 6.04 Å². The third kappa shape index (κ3) is 2.00. The maximum absolute atomic E-state index is 10.8. The highest BCUT2D eigenvalue weighted by molar-refractivity contribution is 5.73. The second-order valence-electron chi connectivity index (χ2n) is 4.07. The third-order valence-corrected chi connectivity index (χ3v) is 2.99. The van der Waals surface area contributed by atoms with Gasteiger partial charge in [0.15, 0.2) is 0 Å². The predicted octanol–water partition coefficient (Wildman–Crippen LogP) is -0.245. The second-order valence-corrected chi connectivity index (χ2v) is 4.07. The number of carboxylic acid groups (broad SMARTS) is 1. The van der Waals surface area contributed by atoms with Crippen LogP contribution in [-0.2, 0) is 4.79 Å². The Kier molecular flexibility index (Phi) is 2.51. The number of nitrogens with one attached hydrogen (secondary N) is 1. The number of hydrogen-bond donors (Lipinski definition) is 2. The fourth-order valence-electron chi connectivity index (χ4n) is 2.28. The van der Waals surface area contributed by atoms with E-state index in [0.29, 0.717) is 12.5 Å². The highest BCUT2D eigenvalue weighted by Gasteiger charge is 2.29. The number of piperidine rings is 1. The van der Waals surface area contributed by atoms with Crippen LogP contribution < -0.4 is 5.32 Å². The highest BCUT2D eigenvalue weighted by Crippen LogP contribution is 2.18. The molecule has 13 heavy (non-hydrogen) atoms. The van der Waals surface area contributed by atoms with Crippen LogP contribution in [0.1, 0.15) is 12.8 Å². The van der Waals surface area contributed by atoms with E-state index in [4.69, 9.17) is 5.11 Å². The van der Waals surface area contributed by atoms with Crippen LogP contribution in [0.5, 0.6) is 0 Å². The van der Waals surface area contributed by atoms with Crippen LogP contribution in [0, 0.1) is 5.92 Å². The first-order valence-corrected chi connectivity index (χ1v) is 4.94. The molecule has 2 saturated heterocycles. The number of rotatable bonds is 1. The van der Waals surface area contributed by atoms with Crippen molar-refractivity contribution in [3.8, 4) is 0 Å². The first-order valence-electron chi connectivity index (χ1n) is 4.94. The van der Waals surface area contributed by atoms with Crippen molar-refractivity contribution in [1.82, 2.24) is 10.2 Å². The SMILES string of the molecule is O=C(O)C1CN2CCCC(CN1)C2. The van der Waals surface area contributed by atoms with Crippen molar-refractivity contribution in [2.75, 3.05) is 26.2 Å². The lowest BCUT2D eigenvalue weighted by Gasteiger charge is -2.29. The largest absolute Gasteiger partial charge is 0.480 e. The fourth-order valence-corrected chi connectivity index (χ4v) is 2.28. The summed E-state index contributed by atoms with van der Waals surface area (Å²) in [5, 5.41) is 12.0. The van der Waals surface area contributed by atoms with Crippen LogP contribution in [-0.4, -0.2) is 48.2 Å². The summed E-state index contributed by atoms with van der Waals surface area (Å²) < 4.78 is 0. The molecule has 2 fully saturated rings. The molecule has 0 aromatic heterocycles. The molecule has 0 amide bonds. The number of hydrogen-bond acceptors (Lipinski definition) is 3. The molecule has 2 bridgehead atoms. The summed E-state index contributed by atoms with van der Waals surface area (Å²) in [5.41, 5.74) is 0. The minimum atomic E-state index is -0.715. The molecule has 0 aromatic carbocycles. The van der Waals surface area contributed by atoms with E-state index in [1.807, 2.05) is 0 Å². The monoisotopic (exact) mass is 184 g/mol. The van der Waals surface area contributed by atoms with E-state index in [9.17, 15) is 4.79 Å². The van der Waals surface area contributed by atoms with E-state index in [0.717, 1.165) is 19.6 Å². The summed E-state index contributed by atoms with van der Waals surface area (Å²) in [5.74, 6) is -0.0503. The summed E-state index contributed by atoms with van der Waals surface area (Å²) in [7, 11) is 0. The maximum atomic E-state index is 10.8. The van der Waals surface area contributed by atoms with Gasteiger partial charge in [0.05, 0.1) is 0 Å². The third-order valence-electron chi connectivity index (χ3n) is 2.99. The summed E-state index contributed by atoms with van der Waals surface area (Å²) in [6.07, 6.45) is 2.47. The van der Waals surface area contributed by atoms with Crippen LogP contribution in [0.4, 0.5) is 0 Å². The number of fused-ring (bicyclic) bond motifs is 2. The van der Waals surface area contributed by atoms with Crippen molar-refractivity contribution >= 4 is 5.97 Å². The maximum Gasteiger partial charge on any atom is 0.322 e. The Morgan fingerprint density at radius 1 is 1.46 bits per heavy atom. The van der Waals surface area contributed by atoms with Gasteiger partial charge in [0.2, 0.25) is 0 Å². The van der Waals surface area contributed by atoms with Crippen LogP contribution in [0.25, 0.3) is 0 Å².